The summed E-state index contributed by atoms with van der Waals surface area (Å²) in [7, 11) is -1.92. The summed E-state index contributed by atoms with van der Waals surface area (Å²) in [5.74, 6) is 0.470. The average Bonchev–Trinajstić information content (AvgIpc) is 2.28. The summed E-state index contributed by atoms with van der Waals surface area (Å²) in [4.78, 5) is 11.2. The quantitative estimate of drug-likeness (QED) is 0.806. The Kier molecular flexibility index (Phi) is 4.28. The second-order valence-electron chi connectivity index (χ2n) is 3.94. The van der Waals surface area contributed by atoms with E-state index in [1.165, 1.54) is 26.2 Å². The van der Waals surface area contributed by atoms with E-state index in [9.17, 15) is 13.2 Å². The molecule has 94 valence electrons. The summed E-state index contributed by atoms with van der Waals surface area (Å²) in [6.07, 6.45) is 0.0361. The van der Waals surface area contributed by atoms with Gasteiger partial charge in [-0.25, -0.2) is 8.42 Å². The van der Waals surface area contributed by atoms with Crippen molar-refractivity contribution in [2.75, 3.05) is 7.11 Å². The minimum atomic E-state index is -3.44. The summed E-state index contributed by atoms with van der Waals surface area (Å²) in [5, 5.41) is -0.701. The third-order valence-electron chi connectivity index (χ3n) is 2.49. The third-order valence-corrected chi connectivity index (χ3v) is 4.65. The van der Waals surface area contributed by atoms with Gasteiger partial charge in [-0.1, -0.05) is 0 Å². The highest BCUT2D eigenvalue weighted by Gasteiger charge is 2.24. The second kappa shape index (κ2) is 5.31. The monoisotopic (exact) mass is 256 g/mol. The highest BCUT2D eigenvalue weighted by Crippen LogP contribution is 2.21. The lowest BCUT2D eigenvalue weighted by molar-refractivity contribution is -0.116. The molecular weight excluding hydrogens is 240 g/mol. The van der Waals surface area contributed by atoms with Gasteiger partial charge in [-0.2, -0.15) is 0 Å². The zero-order valence-electron chi connectivity index (χ0n) is 10.1. The Morgan fingerprint density at radius 3 is 2.24 bits per heavy atom. The Balaban J connectivity index is 3.00. The van der Waals surface area contributed by atoms with Gasteiger partial charge in [0, 0.05) is 6.42 Å². The van der Waals surface area contributed by atoms with Crippen molar-refractivity contribution in [1.29, 1.82) is 0 Å². The Hall–Kier alpha value is -1.36. The summed E-state index contributed by atoms with van der Waals surface area (Å²) in [6, 6.07) is 6.16. The fraction of sp³-hybridized carbons (Fsp3) is 0.417. The molecule has 4 nitrogen and oxygen atoms in total. The number of rotatable bonds is 5. The Morgan fingerprint density at radius 1 is 1.29 bits per heavy atom. The van der Waals surface area contributed by atoms with Crippen molar-refractivity contribution in [2.24, 2.45) is 0 Å². The number of carbonyl (C=O) groups excluding carboxylic acids is 1. The molecule has 0 aliphatic rings. The van der Waals surface area contributed by atoms with Crippen LogP contribution in [0.1, 0.15) is 20.3 Å². The van der Waals surface area contributed by atoms with E-state index in [4.69, 9.17) is 4.74 Å². The first kappa shape index (κ1) is 13.7. The lowest BCUT2D eigenvalue weighted by Gasteiger charge is -2.11. The maximum absolute atomic E-state index is 12.1. The fourth-order valence-corrected chi connectivity index (χ4v) is 2.95. The maximum Gasteiger partial charge on any atom is 0.181 e. The summed E-state index contributed by atoms with van der Waals surface area (Å²) < 4.78 is 29.1. The first-order chi connectivity index (χ1) is 7.87. The van der Waals surface area contributed by atoms with Crippen molar-refractivity contribution < 1.29 is 17.9 Å². The van der Waals surface area contributed by atoms with Crippen molar-refractivity contribution in [2.45, 2.75) is 30.4 Å². The summed E-state index contributed by atoms with van der Waals surface area (Å²) in [6.45, 7) is 2.93. The van der Waals surface area contributed by atoms with E-state index < -0.39 is 15.1 Å². The van der Waals surface area contributed by atoms with Crippen LogP contribution in [-0.2, 0) is 14.6 Å². The molecule has 0 saturated heterocycles. The van der Waals surface area contributed by atoms with Crippen LogP contribution in [0.4, 0.5) is 0 Å². The minimum absolute atomic E-state index is 0.0361. The van der Waals surface area contributed by atoms with Crippen molar-refractivity contribution in [3.05, 3.63) is 24.3 Å². The molecule has 0 spiro atoms. The second-order valence-corrected chi connectivity index (χ2v) is 6.30. The number of Topliss-reactive ketones (excluding diaryl/α,β-unsaturated/α-hetero) is 1. The van der Waals surface area contributed by atoms with Crippen molar-refractivity contribution in [1.82, 2.24) is 0 Å². The highest BCUT2D eigenvalue weighted by atomic mass is 32.2. The number of ketones is 1. The first-order valence-corrected chi connectivity index (χ1v) is 6.80. The van der Waals surface area contributed by atoms with Crippen molar-refractivity contribution in [3.8, 4) is 5.75 Å². The van der Waals surface area contributed by atoms with Gasteiger partial charge in [0.1, 0.15) is 11.5 Å². The van der Waals surface area contributed by atoms with E-state index in [0.717, 1.165) is 0 Å². The maximum atomic E-state index is 12.1. The molecule has 0 bridgehead atoms. The zero-order valence-corrected chi connectivity index (χ0v) is 11.0. The highest BCUT2D eigenvalue weighted by molar-refractivity contribution is 7.92. The topological polar surface area (TPSA) is 60.4 Å². The van der Waals surface area contributed by atoms with Crippen LogP contribution in [0, 0.1) is 0 Å². The van der Waals surface area contributed by atoms with Gasteiger partial charge in [0.2, 0.25) is 0 Å². The number of hydrogen-bond acceptors (Lipinski definition) is 4. The molecule has 0 fully saturated rings. The lowest BCUT2D eigenvalue weighted by atomic mass is 10.2. The number of ether oxygens (including phenoxy) is 1. The van der Waals surface area contributed by atoms with Gasteiger partial charge in [-0.05, 0) is 38.1 Å². The van der Waals surface area contributed by atoms with Crippen LogP contribution in [-0.4, -0.2) is 26.6 Å². The molecule has 0 saturated carbocycles. The molecule has 17 heavy (non-hydrogen) atoms. The molecule has 1 atom stereocenters. The molecule has 0 amide bonds. The van der Waals surface area contributed by atoms with Crippen LogP contribution in [0.25, 0.3) is 0 Å². The van der Waals surface area contributed by atoms with E-state index in [1.54, 1.807) is 19.1 Å². The number of sulfone groups is 1. The van der Waals surface area contributed by atoms with Gasteiger partial charge in [0.15, 0.2) is 9.84 Å². The van der Waals surface area contributed by atoms with Crippen LogP contribution >= 0.6 is 0 Å². The van der Waals surface area contributed by atoms with E-state index in [-0.39, 0.29) is 17.1 Å². The summed E-state index contributed by atoms with van der Waals surface area (Å²) >= 11 is 0. The fourth-order valence-electron chi connectivity index (χ4n) is 1.51. The standard InChI is InChI=1S/C12H16O4S/c1-9(13)8-10(2)17(14,15)12-6-4-11(16-3)5-7-12/h4-7,10H,8H2,1-3H3. The van der Waals surface area contributed by atoms with Gasteiger partial charge < -0.3 is 4.74 Å². The number of carbonyl (C=O) groups is 1. The molecule has 0 aromatic heterocycles. The van der Waals surface area contributed by atoms with E-state index >= 15 is 0 Å². The van der Waals surface area contributed by atoms with Crippen LogP contribution < -0.4 is 4.74 Å². The van der Waals surface area contributed by atoms with Crippen LogP contribution in [0.2, 0.25) is 0 Å². The number of hydrogen-bond donors (Lipinski definition) is 0. The number of benzene rings is 1. The third kappa shape index (κ3) is 3.30. The van der Waals surface area contributed by atoms with Crippen LogP contribution in [0.15, 0.2) is 29.2 Å². The molecule has 5 heteroatoms. The van der Waals surface area contributed by atoms with Gasteiger partial charge in [-0.15, -0.1) is 0 Å². The molecule has 0 aliphatic carbocycles. The smallest absolute Gasteiger partial charge is 0.181 e. The number of methoxy groups -OCH3 is 1. The van der Waals surface area contributed by atoms with Crippen LogP contribution in [0.3, 0.4) is 0 Å². The lowest BCUT2D eigenvalue weighted by Crippen LogP contribution is -2.20. The molecule has 0 radical (unpaired) electrons. The van der Waals surface area contributed by atoms with Gasteiger partial charge in [0.25, 0.3) is 0 Å². The molecule has 0 aliphatic heterocycles. The average molecular weight is 256 g/mol. The predicted molar refractivity (Wildman–Crippen MR) is 64.9 cm³/mol. The van der Waals surface area contributed by atoms with Crippen LogP contribution in [0.5, 0.6) is 5.75 Å². The van der Waals surface area contributed by atoms with Crippen molar-refractivity contribution >= 4 is 15.6 Å². The Morgan fingerprint density at radius 2 is 1.82 bits per heavy atom. The van der Waals surface area contributed by atoms with Gasteiger partial charge in [0.05, 0.1) is 17.3 Å². The van der Waals surface area contributed by atoms with E-state index in [1.807, 2.05) is 0 Å². The zero-order chi connectivity index (χ0) is 13.1. The molecule has 1 aromatic carbocycles. The van der Waals surface area contributed by atoms with E-state index in [0.29, 0.717) is 5.75 Å². The molecule has 1 aromatic rings. The first-order valence-electron chi connectivity index (χ1n) is 5.25. The molecule has 0 heterocycles. The Bertz CT molecular complexity index is 488. The van der Waals surface area contributed by atoms with Gasteiger partial charge >= 0.3 is 0 Å². The molecule has 1 rings (SSSR count). The van der Waals surface area contributed by atoms with Gasteiger partial charge in [-0.3, -0.25) is 4.79 Å². The predicted octanol–water partition coefficient (Wildman–Crippen LogP) is 1.84. The SMILES string of the molecule is COc1ccc(S(=O)(=O)C(C)CC(C)=O)cc1. The molecular formula is C12H16O4S. The molecule has 1 unspecified atom stereocenters. The minimum Gasteiger partial charge on any atom is -0.497 e. The summed E-state index contributed by atoms with van der Waals surface area (Å²) in [5.41, 5.74) is 0. The molecule has 0 N–H and O–H groups in total. The van der Waals surface area contributed by atoms with E-state index in [2.05, 4.69) is 0 Å². The normalized spacial score (nSPS) is 13.1. The van der Waals surface area contributed by atoms with Crippen molar-refractivity contribution in [3.63, 3.8) is 0 Å². The Labute approximate surface area is 102 Å². The largest absolute Gasteiger partial charge is 0.497 e.